The summed E-state index contributed by atoms with van der Waals surface area (Å²) >= 11 is 12.3. The van der Waals surface area contributed by atoms with Gasteiger partial charge in [-0.1, -0.05) is 29.3 Å². The van der Waals surface area contributed by atoms with Crippen LogP contribution in [0.5, 0.6) is 5.75 Å². The summed E-state index contributed by atoms with van der Waals surface area (Å²) in [6, 6.07) is 10.6. The van der Waals surface area contributed by atoms with Crippen LogP contribution in [0.15, 0.2) is 41.3 Å². The third-order valence-corrected chi connectivity index (χ3v) is 7.14. The van der Waals surface area contributed by atoms with Crippen molar-refractivity contribution in [2.24, 2.45) is 0 Å². The van der Waals surface area contributed by atoms with Crippen LogP contribution < -0.4 is 9.64 Å². The first-order valence-electron chi connectivity index (χ1n) is 8.76. The molecule has 0 amide bonds. The van der Waals surface area contributed by atoms with E-state index in [1.807, 2.05) is 32.0 Å². The quantitative estimate of drug-likeness (QED) is 0.715. The van der Waals surface area contributed by atoms with Gasteiger partial charge in [-0.25, -0.2) is 8.42 Å². The van der Waals surface area contributed by atoms with Crippen LogP contribution in [0.25, 0.3) is 0 Å². The summed E-state index contributed by atoms with van der Waals surface area (Å²) in [7, 11) is -3.69. The van der Waals surface area contributed by atoms with Crippen LogP contribution in [0.3, 0.4) is 0 Å². The van der Waals surface area contributed by atoms with Crippen molar-refractivity contribution in [3.63, 3.8) is 0 Å². The average molecular weight is 429 g/mol. The first kappa shape index (κ1) is 20.3. The number of nitrogens with zero attached hydrogens (tertiary/aromatic N) is 2. The fourth-order valence-electron chi connectivity index (χ4n) is 3.06. The van der Waals surface area contributed by atoms with Gasteiger partial charge in [-0.15, -0.1) is 0 Å². The predicted molar refractivity (Wildman–Crippen MR) is 110 cm³/mol. The molecule has 2 aromatic rings. The first-order valence-corrected chi connectivity index (χ1v) is 11.0. The molecular formula is C19H22Cl2N2O3S. The Kier molecular flexibility index (Phi) is 6.21. The Balaban J connectivity index is 1.79. The number of hydrogen-bond donors (Lipinski definition) is 0. The summed E-state index contributed by atoms with van der Waals surface area (Å²) in [6.45, 7) is 6.09. The predicted octanol–water partition coefficient (Wildman–Crippen LogP) is 4.21. The van der Waals surface area contributed by atoms with E-state index < -0.39 is 10.0 Å². The van der Waals surface area contributed by atoms with Crippen LogP contribution in [-0.4, -0.2) is 45.5 Å². The highest BCUT2D eigenvalue weighted by Crippen LogP contribution is 2.31. The zero-order valence-electron chi connectivity index (χ0n) is 15.3. The van der Waals surface area contributed by atoms with Gasteiger partial charge in [0.15, 0.2) is 0 Å². The van der Waals surface area contributed by atoms with Crippen LogP contribution in [0.2, 0.25) is 10.0 Å². The Labute approximate surface area is 170 Å². The molecule has 3 rings (SSSR count). The molecular weight excluding hydrogens is 407 g/mol. The van der Waals surface area contributed by atoms with E-state index >= 15 is 0 Å². The van der Waals surface area contributed by atoms with Crippen LogP contribution >= 0.6 is 23.2 Å². The van der Waals surface area contributed by atoms with E-state index in [0.717, 1.165) is 11.3 Å². The fraction of sp³-hybridized carbons (Fsp3) is 0.368. The molecule has 0 radical (unpaired) electrons. The Morgan fingerprint density at radius 3 is 2.37 bits per heavy atom. The Morgan fingerprint density at radius 2 is 1.74 bits per heavy atom. The van der Waals surface area contributed by atoms with E-state index in [4.69, 9.17) is 27.9 Å². The van der Waals surface area contributed by atoms with Gasteiger partial charge in [-0.2, -0.15) is 4.31 Å². The number of rotatable bonds is 5. The number of hydrogen-bond acceptors (Lipinski definition) is 4. The summed E-state index contributed by atoms with van der Waals surface area (Å²) in [5, 5.41) is 1.08. The number of anilines is 1. The molecule has 0 spiro atoms. The van der Waals surface area contributed by atoms with Gasteiger partial charge >= 0.3 is 0 Å². The zero-order chi connectivity index (χ0) is 19.6. The molecule has 0 aromatic heterocycles. The summed E-state index contributed by atoms with van der Waals surface area (Å²) in [4.78, 5) is 2.25. The maximum atomic E-state index is 13.1. The average Bonchev–Trinajstić information content (AvgIpc) is 2.65. The molecule has 8 heteroatoms. The number of halogens is 2. The van der Waals surface area contributed by atoms with E-state index in [9.17, 15) is 8.42 Å². The Morgan fingerprint density at radius 1 is 1.04 bits per heavy atom. The van der Waals surface area contributed by atoms with Gasteiger partial charge in [-0.3, -0.25) is 0 Å². The lowest BCUT2D eigenvalue weighted by Gasteiger charge is -2.35. The van der Waals surface area contributed by atoms with E-state index in [1.54, 1.807) is 12.1 Å². The molecule has 27 heavy (non-hydrogen) atoms. The third-order valence-electron chi connectivity index (χ3n) is 4.58. The van der Waals surface area contributed by atoms with Crippen molar-refractivity contribution in [3.8, 4) is 5.75 Å². The summed E-state index contributed by atoms with van der Waals surface area (Å²) in [6.07, 6.45) is 0. The summed E-state index contributed by atoms with van der Waals surface area (Å²) in [5.41, 5.74) is 2.02. The van der Waals surface area contributed by atoms with E-state index in [-0.39, 0.29) is 4.90 Å². The second kappa shape index (κ2) is 8.27. The normalized spacial score (nSPS) is 15.8. The molecule has 1 aliphatic heterocycles. The molecule has 1 heterocycles. The minimum absolute atomic E-state index is 0.115. The molecule has 0 N–H and O–H groups in total. The van der Waals surface area contributed by atoms with Crippen molar-refractivity contribution in [2.45, 2.75) is 18.7 Å². The van der Waals surface area contributed by atoms with Gasteiger partial charge in [0.25, 0.3) is 0 Å². The maximum Gasteiger partial charge on any atom is 0.246 e. The van der Waals surface area contributed by atoms with E-state index in [0.29, 0.717) is 48.6 Å². The topological polar surface area (TPSA) is 49.9 Å². The van der Waals surface area contributed by atoms with Crippen molar-refractivity contribution in [1.29, 1.82) is 0 Å². The lowest BCUT2D eigenvalue weighted by molar-refractivity contribution is 0.327. The van der Waals surface area contributed by atoms with Crippen molar-refractivity contribution >= 4 is 38.9 Å². The van der Waals surface area contributed by atoms with Crippen LogP contribution in [-0.2, 0) is 10.0 Å². The molecule has 1 saturated heterocycles. The second-order valence-corrected chi connectivity index (χ2v) is 9.10. The molecule has 1 fully saturated rings. The smallest absolute Gasteiger partial charge is 0.246 e. The van der Waals surface area contributed by atoms with Crippen LogP contribution in [0.4, 0.5) is 5.69 Å². The van der Waals surface area contributed by atoms with Gasteiger partial charge in [0.05, 0.1) is 6.61 Å². The highest BCUT2D eigenvalue weighted by atomic mass is 35.5. The largest absolute Gasteiger partial charge is 0.492 e. The summed E-state index contributed by atoms with van der Waals surface area (Å²) < 4.78 is 33.2. The summed E-state index contributed by atoms with van der Waals surface area (Å²) in [5.74, 6) is 0.328. The number of ether oxygens (including phenoxy) is 1. The number of piperazine rings is 1. The lowest BCUT2D eigenvalue weighted by Crippen LogP contribution is -2.48. The maximum absolute atomic E-state index is 13.1. The Bertz CT molecular complexity index is 927. The van der Waals surface area contributed by atoms with Crippen molar-refractivity contribution in [2.75, 3.05) is 37.7 Å². The first-order chi connectivity index (χ1) is 12.8. The molecule has 0 saturated carbocycles. The van der Waals surface area contributed by atoms with Crippen molar-refractivity contribution in [3.05, 3.63) is 52.0 Å². The van der Waals surface area contributed by atoms with Crippen molar-refractivity contribution in [1.82, 2.24) is 4.31 Å². The molecule has 2 aromatic carbocycles. The van der Waals surface area contributed by atoms with Gasteiger partial charge in [0.2, 0.25) is 10.0 Å². The third kappa shape index (κ3) is 4.35. The molecule has 5 nitrogen and oxygen atoms in total. The van der Waals surface area contributed by atoms with Gasteiger partial charge in [-0.05, 0) is 49.7 Å². The van der Waals surface area contributed by atoms with Gasteiger partial charge < -0.3 is 9.64 Å². The highest BCUT2D eigenvalue weighted by Gasteiger charge is 2.31. The molecule has 0 atom stereocenters. The lowest BCUT2D eigenvalue weighted by atomic mass is 10.2. The SMILES string of the molecule is CCOc1ccc(Cl)cc1S(=O)(=O)N1CCN(c2ccc(C)c(Cl)c2)CC1. The van der Waals surface area contributed by atoms with Crippen LogP contribution in [0.1, 0.15) is 12.5 Å². The standard InChI is InChI=1S/C19H22Cl2N2O3S/c1-3-26-18-7-5-15(20)12-19(18)27(24,25)23-10-8-22(9-11-23)16-6-4-14(2)17(21)13-16/h4-7,12-13H,3,8-11H2,1-2H3. The van der Waals surface area contributed by atoms with Gasteiger partial charge in [0.1, 0.15) is 10.6 Å². The number of benzene rings is 2. The number of sulfonamides is 1. The second-order valence-electron chi connectivity index (χ2n) is 6.35. The molecule has 0 bridgehead atoms. The molecule has 146 valence electrons. The molecule has 1 aliphatic rings. The minimum atomic E-state index is -3.69. The fourth-order valence-corrected chi connectivity index (χ4v) is 5.05. The van der Waals surface area contributed by atoms with Gasteiger partial charge in [0, 0.05) is 41.9 Å². The molecule has 0 unspecified atom stereocenters. The number of aryl methyl sites for hydroxylation is 1. The monoisotopic (exact) mass is 428 g/mol. The minimum Gasteiger partial charge on any atom is -0.492 e. The van der Waals surface area contributed by atoms with Crippen LogP contribution in [0, 0.1) is 6.92 Å². The van der Waals surface area contributed by atoms with Crippen molar-refractivity contribution < 1.29 is 13.2 Å². The highest BCUT2D eigenvalue weighted by molar-refractivity contribution is 7.89. The molecule has 0 aliphatic carbocycles. The zero-order valence-corrected chi connectivity index (χ0v) is 17.6. The van der Waals surface area contributed by atoms with E-state index in [1.165, 1.54) is 10.4 Å². The van der Waals surface area contributed by atoms with E-state index in [2.05, 4.69) is 4.90 Å². The Hall–Kier alpha value is -1.47.